The number of carbonyl (C=O) groups is 9. The number of aliphatic carboxylic acids is 2. The van der Waals surface area contributed by atoms with Crippen LogP contribution in [0.25, 0.3) is 0 Å². The molecule has 41 heteroatoms. The van der Waals surface area contributed by atoms with E-state index in [2.05, 4.69) is 10.6 Å². The van der Waals surface area contributed by atoms with Crippen molar-refractivity contribution in [2.75, 3.05) is 20.3 Å². The number of esters is 5. The van der Waals surface area contributed by atoms with E-state index in [1.807, 2.05) is 20.8 Å². The van der Waals surface area contributed by atoms with Gasteiger partial charge in [0.15, 0.2) is 37.2 Å². The molecular formula is C60H94N2Na4O33S2. The van der Waals surface area contributed by atoms with Crippen LogP contribution in [-0.2, 0) is 134 Å². The van der Waals surface area contributed by atoms with Gasteiger partial charge in [-0.1, -0.05) is 98.8 Å². The normalized spacial score (nSPS) is 29.4. The van der Waals surface area contributed by atoms with Crippen molar-refractivity contribution in [2.45, 2.75) is 306 Å². The molecule has 4 aliphatic heterocycles. The molecule has 0 aliphatic carbocycles. The van der Waals surface area contributed by atoms with E-state index in [-0.39, 0.29) is 157 Å². The zero-order valence-corrected chi connectivity index (χ0v) is 69.6. The maximum Gasteiger partial charge on any atom is 1.00 e. The van der Waals surface area contributed by atoms with Crippen molar-refractivity contribution in [1.29, 1.82) is 0 Å². The van der Waals surface area contributed by atoms with Gasteiger partial charge in [-0.05, 0) is 39.0 Å². The average molecular weight is 1530 g/mol. The minimum absolute atomic E-state index is 0. The topological polar surface area (TPSA) is 497 Å². The minimum Gasteiger partial charge on any atom is -0.726 e. The third-order valence-electron chi connectivity index (χ3n) is 15.9. The molecular weight excluding hydrogens is 1430 g/mol. The molecule has 558 valence electrons. The summed E-state index contributed by atoms with van der Waals surface area (Å²) in [6, 6.07) is -4.17. The summed E-state index contributed by atoms with van der Waals surface area (Å²) in [5.41, 5.74) is 0. The van der Waals surface area contributed by atoms with Gasteiger partial charge in [-0.3, -0.25) is 41.9 Å². The number of carbonyl (C=O) groups excluding carboxylic acids is 9. The van der Waals surface area contributed by atoms with Gasteiger partial charge < -0.3 is 106 Å². The van der Waals surface area contributed by atoms with Crippen LogP contribution in [0.1, 0.15) is 184 Å². The van der Waals surface area contributed by atoms with E-state index < -0.39 is 223 Å². The van der Waals surface area contributed by atoms with Gasteiger partial charge in [-0.2, -0.15) is 0 Å². The SMILES string of the molecule is CCCCCC(=O)OCC1OC(OC2C(C(=O)[O-])OC(OC3C(NC(C)=O)C(OC4C(C(=O)[O-])OC(C)C(OC(=O)CCCCC)C4O)OC(COC(=O)CCCCC)C3OS(=O)(=O)[O-])C(OC(=O)CCCCC)C2OC(=O)CCCCC)C(NC(C)=O)C(OC)C1OS(=O)(=O)[O-].[Na+].[Na+].[Na+].[Na+]. The molecule has 0 bridgehead atoms. The van der Waals surface area contributed by atoms with Crippen LogP contribution in [0.3, 0.4) is 0 Å². The van der Waals surface area contributed by atoms with Gasteiger partial charge in [0.2, 0.25) is 32.6 Å². The van der Waals surface area contributed by atoms with Crippen molar-refractivity contribution in [3.05, 3.63) is 0 Å². The van der Waals surface area contributed by atoms with E-state index in [1.165, 1.54) is 6.92 Å². The Kier molecular flexibility index (Phi) is 49.7. The van der Waals surface area contributed by atoms with Crippen LogP contribution in [0.4, 0.5) is 0 Å². The number of carboxylic acid groups (broad SMARTS) is 2. The number of amides is 2. The van der Waals surface area contributed by atoms with Crippen LogP contribution in [0.2, 0.25) is 0 Å². The first-order valence-corrected chi connectivity index (χ1v) is 35.4. The summed E-state index contributed by atoms with van der Waals surface area (Å²) < 4.78 is 163. The number of ether oxygens (including phenoxy) is 13. The Morgan fingerprint density at radius 1 is 0.426 bits per heavy atom. The number of carboxylic acids is 2. The molecule has 0 aromatic carbocycles. The molecule has 3 N–H and O–H groups in total. The van der Waals surface area contributed by atoms with Gasteiger partial charge in [0.25, 0.3) is 0 Å². The van der Waals surface area contributed by atoms with Crippen molar-refractivity contribution in [1.82, 2.24) is 10.6 Å². The smallest absolute Gasteiger partial charge is 0.726 e. The first-order chi connectivity index (χ1) is 45.8. The maximum atomic E-state index is 14.3. The van der Waals surface area contributed by atoms with Gasteiger partial charge >= 0.3 is 148 Å². The second-order valence-electron chi connectivity index (χ2n) is 23.8. The van der Waals surface area contributed by atoms with Gasteiger partial charge in [0.1, 0.15) is 92.4 Å². The number of aliphatic hydroxyl groups is 1. The van der Waals surface area contributed by atoms with E-state index in [0.29, 0.717) is 77.0 Å². The second-order valence-corrected chi connectivity index (χ2v) is 25.8. The van der Waals surface area contributed by atoms with E-state index in [0.717, 1.165) is 21.0 Å². The van der Waals surface area contributed by atoms with E-state index >= 15 is 0 Å². The molecule has 4 heterocycles. The molecule has 20 atom stereocenters. The third-order valence-corrected chi connectivity index (χ3v) is 16.8. The first-order valence-electron chi connectivity index (χ1n) is 32.7. The molecule has 4 saturated heterocycles. The van der Waals surface area contributed by atoms with Crippen LogP contribution in [0, 0.1) is 0 Å². The molecule has 0 saturated carbocycles. The predicted octanol–water partition coefficient (Wildman–Crippen LogP) is -12.6. The summed E-state index contributed by atoms with van der Waals surface area (Å²) in [4.78, 5) is 121. The Morgan fingerprint density at radius 2 is 0.762 bits per heavy atom. The predicted molar refractivity (Wildman–Crippen MR) is 318 cm³/mol. The molecule has 0 radical (unpaired) electrons. The van der Waals surface area contributed by atoms with Crippen LogP contribution in [0.15, 0.2) is 0 Å². The molecule has 2 amide bonds. The molecule has 35 nitrogen and oxygen atoms in total. The zero-order valence-electron chi connectivity index (χ0n) is 59.9. The monoisotopic (exact) mass is 1530 g/mol. The van der Waals surface area contributed by atoms with E-state index in [9.17, 15) is 84.4 Å². The van der Waals surface area contributed by atoms with E-state index in [4.69, 9.17) is 69.9 Å². The Hall–Kier alpha value is -1.39. The Balaban J connectivity index is 0.0000250. The van der Waals surface area contributed by atoms with Crippen molar-refractivity contribution in [3.63, 3.8) is 0 Å². The number of hydrogen-bond donors (Lipinski definition) is 3. The Labute approximate surface area is 677 Å². The number of unbranched alkanes of at least 4 members (excludes halogenated alkanes) is 10. The zero-order chi connectivity index (χ0) is 72.3. The number of nitrogens with one attached hydrogen (secondary N) is 2. The number of hydrogen-bond acceptors (Lipinski definition) is 33. The molecule has 4 fully saturated rings. The molecule has 0 spiro atoms. The largest absolute Gasteiger partial charge is 1.00 e. The summed E-state index contributed by atoms with van der Waals surface area (Å²) >= 11 is 0. The van der Waals surface area contributed by atoms with Crippen LogP contribution < -0.4 is 139 Å². The van der Waals surface area contributed by atoms with Gasteiger partial charge in [-0.15, -0.1) is 0 Å². The summed E-state index contributed by atoms with van der Waals surface area (Å²) in [6.45, 7) is 10.1. The van der Waals surface area contributed by atoms with Gasteiger partial charge in [0, 0.05) is 53.1 Å². The third kappa shape index (κ3) is 33.6. The Morgan fingerprint density at radius 3 is 1.13 bits per heavy atom. The fraction of sp³-hybridized carbons (Fsp3) is 0.850. The fourth-order valence-electron chi connectivity index (χ4n) is 11.3. The minimum atomic E-state index is -6.09. The number of aliphatic hydroxyl groups excluding tert-OH is 1. The molecule has 4 aliphatic rings. The number of methoxy groups -OCH3 is 1. The maximum absolute atomic E-state index is 14.3. The quantitative estimate of drug-likeness (QED) is 0.0128. The van der Waals surface area contributed by atoms with Crippen LogP contribution in [0.5, 0.6) is 0 Å². The Bertz CT molecular complexity index is 2800. The van der Waals surface area contributed by atoms with Crippen molar-refractivity contribution >= 4 is 74.4 Å². The molecule has 0 aromatic rings. The summed E-state index contributed by atoms with van der Waals surface area (Å²) in [5, 5.41) is 43.6. The average Bonchev–Trinajstić information content (AvgIpc) is 0.760. The van der Waals surface area contributed by atoms with Gasteiger partial charge in [0.05, 0.1) is 18.0 Å². The standard InChI is InChI=1S/C60H98N2O33S2.4Na/c1-10-15-20-25-37(65)82-30-35-46(94-96(75,76)77)48(81-9)42(61-33(7)63)58(85-35)92-51-52(88-40(68)28-23-18-13-4)55(89-41(69)29-24-19-14-5)60(93-54(51)57(73)74)90-49-43(62-34(8)64)59(86-36(47(49)95-97(78,79)80)31-83-38(66)26-21-16-11-2)91-50-44(70)45(32(6)84-53(50)56(71)72)87-39(67)27-22-17-12-3;;;;/h32,35-36,42-55,58-60,70H,10-31H2,1-9H3,(H,61,63)(H,62,64)(H,71,72)(H,73,74)(H,75,76,77)(H,78,79,80);;;;/q;4*+1/p-4. The van der Waals surface area contributed by atoms with Crippen LogP contribution in [-0.4, -0.2) is 227 Å². The molecule has 0 aromatic heterocycles. The van der Waals surface area contributed by atoms with Crippen molar-refractivity contribution < 1.29 is 273 Å². The summed E-state index contributed by atoms with van der Waals surface area (Å²) in [6.07, 6.45) is -35.2. The molecule has 101 heavy (non-hydrogen) atoms. The van der Waals surface area contributed by atoms with Crippen molar-refractivity contribution in [2.24, 2.45) is 0 Å². The summed E-state index contributed by atoms with van der Waals surface area (Å²) in [7, 11) is -10.9. The number of rotatable bonds is 42. The van der Waals surface area contributed by atoms with Crippen molar-refractivity contribution in [3.8, 4) is 0 Å². The summed E-state index contributed by atoms with van der Waals surface area (Å²) in [5.74, 6) is -11.4. The molecule has 20 unspecified atom stereocenters. The second kappa shape index (κ2) is 50.3. The first kappa shape index (κ1) is 99.6. The van der Waals surface area contributed by atoms with Gasteiger partial charge in [-0.25, -0.2) is 16.8 Å². The van der Waals surface area contributed by atoms with E-state index in [1.54, 1.807) is 13.8 Å². The fourth-order valence-corrected chi connectivity index (χ4v) is 12.3. The molecule has 4 rings (SSSR count). The van der Waals surface area contributed by atoms with Crippen LogP contribution >= 0.6 is 0 Å².